The van der Waals surface area contributed by atoms with Gasteiger partial charge in [0.25, 0.3) is 0 Å². The van der Waals surface area contributed by atoms with Gasteiger partial charge in [0.1, 0.15) is 4.90 Å². The second-order valence-corrected chi connectivity index (χ2v) is 7.64. The van der Waals surface area contributed by atoms with E-state index in [1.165, 1.54) is 18.2 Å². The molecule has 2 rings (SSSR count). The van der Waals surface area contributed by atoms with E-state index in [0.29, 0.717) is 12.2 Å². The standard InChI is InChI=1S/C18H22N2O4S/c1-13(2)20-25(23,24)17-12-15(18(21)22)8-9-16(17)19-11-10-14-6-4-3-5-7-14/h3-9,12-13,19-20H,10-11H2,1-2H3,(H,21,22). The lowest BCUT2D eigenvalue weighted by atomic mass is 10.1. The van der Waals surface area contributed by atoms with Gasteiger partial charge in [-0.05, 0) is 44.0 Å². The molecule has 0 saturated carbocycles. The first-order chi connectivity index (χ1) is 11.8. The molecule has 134 valence electrons. The lowest BCUT2D eigenvalue weighted by Gasteiger charge is -2.15. The Hall–Kier alpha value is -2.38. The molecule has 0 aromatic heterocycles. The zero-order valence-electron chi connectivity index (χ0n) is 14.2. The van der Waals surface area contributed by atoms with Crippen molar-refractivity contribution in [3.05, 3.63) is 59.7 Å². The predicted octanol–water partition coefficient (Wildman–Crippen LogP) is 2.73. The van der Waals surface area contributed by atoms with Crippen molar-refractivity contribution in [1.29, 1.82) is 0 Å². The van der Waals surface area contributed by atoms with E-state index in [0.717, 1.165) is 12.0 Å². The summed E-state index contributed by atoms with van der Waals surface area (Å²) in [6, 6.07) is 13.6. The van der Waals surface area contributed by atoms with Crippen molar-refractivity contribution < 1.29 is 18.3 Å². The van der Waals surface area contributed by atoms with Crippen molar-refractivity contribution in [1.82, 2.24) is 4.72 Å². The quantitative estimate of drug-likeness (QED) is 0.671. The van der Waals surface area contributed by atoms with Crippen LogP contribution in [0.15, 0.2) is 53.4 Å². The molecule has 2 aromatic carbocycles. The van der Waals surface area contributed by atoms with E-state index >= 15 is 0 Å². The number of carbonyl (C=O) groups is 1. The van der Waals surface area contributed by atoms with Gasteiger partial charge in [0.2, 0.25) is 10.0 Å². The Balaban J connectivity index is 2.25. The second-order valence-electron chi connectivity index (χ2n) is 5.95. The molecular formula is C18H22N2O4S. The minimum atomic E-state index is -3.82. The van der Waals surface area contributed by atoms with Crippen molar-refractivity contribution in [3.63, 3.8) is 0 Å². The van der Waals surface area contributed by atoms with Gasteiger partial charge >= 0.3 is 5.97 Å². The Morgan fingerprint density at radius 1 is 1.12 bits per heavy atom. The van der Waals surface area contributed by atoms with Crippen LogP contribution in [0.25, 0.3) is 0 Å². The minimum absolute atomic E-state index is 0.0610. The van der Waals surface area contributed by atoms with Gasteiger partial charge in [-0.1, -0.05) is 30.3 Å². The highest BCUT2D eigenvalue weighted by atomic mass is 32.2. The molecule has 3 N–H and O–H groups in total. The number of benzene rings is 2. The molecule has 0 heterocycles. The molecule has 2 aromatic rings. The summed E-state index contributed by atoms with van der Waals surface area (Å²) in [6.07, 6.45) is 0.721. The van der Waals surface area contributed by atoms with Gasteiger partial charge in [-0.3, -0.25) is 0 Å². The topological polar surface area (TPSA) is 95.5 Å². The summed E-state index contributed by atoms with van der Waals surface area (Å²) in [4.78, 5) is 11.1. The minimum Gasteiger partial charge on any atom is -0.478 e. The highest BCUT2D eigenvalue weighted by molar-refractivity contribution is 7.89. The molecule has 0 bridgehead atoms. The second kappa shape index (κ2) is 8.13. The zero-order chi connectivity index (χ0) is 18.4. The molecule has 0 amide bonds. The molecule has 0 aliphatic heterocycles. The average Bonchev–Trinajstić information content (AvgIpc) is 2.54. The highest BCUT2D eigenvalue weighted by Crippen LogP contribution is 2.23. The van der Waals surface area contributed by atoms with Gasteiger partial charge in [0, 0.05) is 12.6 Å². The largest absolute Gasteiger partial charge is 0.478 e. The molecule has 0 spiro atoms. The number of carboxylic acid groups (broad SMARTS) is 1. The van der Waals surface area contributed by atoms with Gasteiger partial charge in [-0.25, -0.2) is 17.9 Å². The smallest absolute Gasteiger partial charge is 0.335 e. The summed E-state index contributed by atoms with van der Waals surface area (Å²) in [5, 5.41) is 12.2. The number of carboxylic acids is 1. The Labute approximate surface area is 147 Å². The van der Waals surface area contributed by atoms with Crippen LogP contribution in [0.5, 0.6) is 0 Å². The summed E-state index contributed by atoms with van der Waals surface area (Å²) in [5.74, 6) is -1.17. The van der Waals surface area contributed by atoms with Crippen LogP contribution < -0.4 is 10.0 Å². The normalized spacial score (nSPS) is 11.5. The van der Waals surface area contributed by atoms with E-state index in [4.69, 9.17) is 5.11 Å². The monoisotopic (exact) mass is 362 g/mol. The summed E-state index contributed by atoms with van der Waals surface area (Å²) in [6.45, 7) is 3.95. The zero-order valence-corrected chi connectivity index (χ0v) is 15.0. The van der Waals surface area contributed by atoms with Crippen LogP contribution in [0.1, 0.15) is 29.8 Å². The summed E-state index contributed by atoms with van der Waals surface area (Å²) >= 11 is 0. The molecule has 0 radical (unpaired) electrons. The van der Waals surface area contributed by atoms with Gasteiger partial charge < -0.3 is 10.4 Å². The van der Waals surface area contributed by atoms with Crippen LogP contribution in [0, 0.1) is 0 Å². The van der Waals surface area contributed by atoms with Crippen molar-refractivity contribution >= 4 is 21.7 Å². The van der Waals surface area contributed by atoms with E-state index in [9.17, 15) is 13.2 Å². The first-order valence-electron chi connectivity index (χ1n) is 7.97. The van der Waals surface area contributed by atoms with Crippen LogP contribution in [-0.4, -0.2) is 32.1 Å². The van der Waals surface area contributed by atoms with Gasteiger partial charge in [-0.15, -0.1) is 0 Å². The van der Waals surface area contributed by atoms with Gasteiger partial charge in [0.15, 0.2) is 0 Å². The Morgan fingerprint density at radius 3 is 2.40 bits per heavy atom. The summed E-state index contributed by atoms with van der Waals surface area (Å²) in [7, 11) is -3.82. The maximum atomic E-state index is 12.5. The predicted molar refractivity (Wildman–Crippen MR) is 97.5 cm³/mol. The van der Waals surface area contributed by atoms with Crippen LogP contribution in [-0.2, 0) is 16.4 Å². The molecule has 7 heteroatoms. The SMILES string of the molecule is CC(C)NS(=O)(=O)c1cc(C(=O)O)ccc1NCCc1ccccc1. The lowest BCUT2D eigenvalue weighted by molar-refractivity contribution is 0.0696. The van der Waals surface area contributed by atoms with Crippen LogP contribution in [0.2, 0.25) is 0 Å². The van der Waals surface area contributed by atoms with Crippen LogP contribution in [0.4, 0.5) is 5.69 Å². The fourth-order valence-corrected chi connectivity index (χ4v) is 3.84. The first-order valence-corrected chi connectivity index (χ1v) is 9.45. The van der Waals surface area contributed by atoms with Gasteiger partial charge in [0.05, 0.1) is 11.3 Å². The molecule has 6 nitrogen and oxygen atoms in total. The number of aromatic carboxylic acids is 1. The Morgan fingerprint density at radius 2 is 1.80 bits per heavy atom. The summed E-state index contributed by atoms with van der Waals surface area (Å²) in [5.41, 5.74) is 1.44. The van der Waals surface area contributed by atoms with E-state index in [1.54, 1.807) is 13.8 Å². The van der Waals surface area contributed by atoms with Crippen molar-refractivity contribution in [2.75, 3.05) is 11.9 Å². The van der Waals surface area contributed by atoms with E-state index in [-0.39, 0.29) is 16.5 Å². The van der Waals surface area contributed by atoms with Gasteiger partial charge in [-0.2, -0.15) is 0 Å². The van der Waals surface area contributed by atoms with Crippen LogP contribution in [0.3, 0.4) is 0 Å². The first kappa shape index (κ1) is 19.0. The molecule has 0 aliphatic rings. The number of hydrogen-bond donors (Lipinski definition) is 3. The van der Waals surface area contributed by atoms with Crippen molar-refractivity contribution in [3.8, 4) is 0 Å². The molecular weight excluding hydrogens is 340 g/mol. The molecule has 0 atom stereocenters. The number of rotatable bonds is 8. The lowest BCUT2D eigenvalue weighted by Crippen LogP contribution is -2.31. The number of sulfonamides is 1. The Kier molecular flexibility index (Phi) is 6.17. The fraction of sp³-hybridized carbons (Fsp3) is 0.278. The molecule has 0 saturated heterocycles. The molecule has 0 aliphatic carbocycles. The maximum Gasteiger partial charge on any atom is 0.335 e. The van der Waals surface area contributed by atoms with Crippen molar-refractivity contribution in [2.24, 2.45) is 0 Å². The van der Waals surface area contributed by atoms with Crippen LogP contribution >= 0.6 is 0 Å². The third kappa shape index (κ3) is 5.30. The third-order valence-corrected chi connectivity index (χ3v) is 5.18. The summed E-state index contributed by atoms with van der Waals surface area (Å²) < 4.78 is 27.5. The van der Waals surface area contributed by atoms with E-state index < -0.39 is 16.0 Å². The Bertz CT molecular complexity index is 833. The van der Waals surface area contributed by atoms with Crippen molar-refractivity contribution in [2.45, 2.75) is 31.2 Å². The molecule has 0 fully saturated rings. The third-order valence-electron chi connectivity index (χ3n) is 3.48. The average molecular weight is 362 g/mol. The molecule has 0 unspecified atom stereocenters. The number of nitrogens with one attached hydrogen (secondary N) is 2. The van der Waals surface area contributed by atoms with E-state index in [1.807, 2.05) is 30.3 Å². The van der Waals surface area contributed by atoms with E-state index in [2.05, 4.69) is 10.0 Å². The number of hydrogen-bond acceptors (Lipinski definition) is 4. The highest BCUT2D eigenvalue weighted by Gasteiger charge is 2.21. The fourth-order valence-electron chi connectivity index (χ4n) is 2.38. The number of anilines is 1. The molecule has 25 heavy (non-hydrogen) atoms. The maximum absolute atomic E-state index is 12.5.